The topological polar surface area (TPSA) is 42.4 Å². The van der Waals surface area contributed by atoms with Gasteiger partial charge >= 0.3 is 0 Å². The van der Waals surface area contributed by atoms with Crippen LogP contribution in [-0.2, 0) is 6.42 Å². The summed E-state index contributed by atoms with van der Waals surface area (Å²) in [5, 5.41) is 9.64. The van der Waals surface area contributed by atoms with Gasteiger partial charge in [0.25, 0.3) is 0 Å². The van der Waals surface area contributed by atoms with Gasteiger partial charge in [0.05, 0.1) is 5.02 Å². The van der Waals surface area contributed by atoms with E-state index in [2.05, 4.69) is 4.98 Å². The second-order valence-corrected chi connectivity index (χ2v) is 4.50. The Bertz CT molecular complexity index is 529. The van der Waals surface area contributed by atoms with E-state index in [1.54, 1.807) is 18.2 Å². The van der Waals surface area contributed by atoms with Gasteiger partial charge in [-0.2, -0.15) is 0 Å². The van der Waals surface area contributed by atoms with Crippen LogP contribution < -0.4 is 4.74 Å². The van der Waals surface area contributed by atoms with Crippen LogP contribution in [0, 0.1) is 0 Å². The number of aliphatic hydroxyl groups is 1. The van der Waals surface area contributed by atoms with Gasteiger partial charge in [0, 0.05) is 12.8 Å². The fourth-order valence-corrected chi connectivity index (χ4v) is 1.86. The van der Waals surface area contributed by atoms with Gasteiger partial charge < -0.3 is 9.84 Å². The summed E-state index contributed by atoms with van der Waals surface area (Å²) in [5.41, 5.74) is 1.04. The smallest absolute Gasteiger partial charge is 0.238 e. The van der Waals surface area contributed by atoms with Crippen LogP contribution in [0.2, 0.25) is 10.0 Å². The molecule has 0 amide bonds. The van der Waals surface area contributed by atoms with Gasteiger partial charge in [0.2, 0.25) is 5.88 Å². The van der Waals surface area contributed by atoms with Crippen molar-refractivity contribution >= 4 is 23.2 Å². The Morgan fingerprint density at radius 2 is 1.89 bits per heavy atom. The standard InChI is InChI=1S/C13H11Cl2NO2/c14-10-7-12(15)13(16-8-10)18-11-3-1-9(2-4-11)5-6-17/h1-4,7-8,17H,5-6H2. The quantitative estimate of drug-likeness (QED) is 0.930. The summed E-state index contributed by atoms with van der Waals surface area (Å²) in [4.78, 5) is 4.01. The third kappa shape index (κ3) is 3.35. The molecule has 0 bridgehead atoms. The average Bonchev–Trinajstić information content (AvgIpc) is 2.35. The highest BCUT2D eigenvalue weighted by Gasteiger charge is 2.05. The molecule has 0 saturated carbocycles. The molecular formula is C13H11Cl2NO2. The third-order valence-electron chi connectivity index (χ3n) is 2.31. The third-order valence-corrected chi connectivity index (χ3v) is 2.79. The highest BCUT2D eigenvalue weighted by atomic mass is 35.5. The molecule has 0 saturated heterocycles. The van der Waals surface area contributed by atoms with E-state index < -0.39 is 0 Å². The fourth-order valence-electron chi connectivity index (χ4n) is 1.44. The molecule has 1 N–H and O–H groups in total. The predicted molar refractivity (Wildman–Crippen MR) is 71.6 cm³/mol. The maximum Gasteiger partial charge on any atom is 0.238 e. The van der Waals surface area contributed by atoms with Gasteiger partial charge in [-0.15, -0.1) is 0 Å². The number of halogens is 2. The molecule has 0 aliphatic heterocycles. The molecule has 1 aromatic carbocycles. The fraction of sp³-hybridized carbons (Fsp3) is 0.154. The molecule has 5 heteroatoms. The molecule has 0 unspecified atom stereocenters. The normalized spacial score (nSPS) is 10.4. The highest BCUT2D eigenvalue weighted by molar-refractivity contribution is 6.35. The molecular weight excluding hydrogens is 273 g/mol. The van der Waals surface area contributed by atoms with Gasteiger partial charge in [-0.1, -0.05) is 35.3 Å². The summed E-state index contributed by atoms with van der Waals surface area (Å²) in [5.74, 6) is 0.949. The van der Waals surface area contributed by atoms with E-state index in [0.717, 1.165) is 5.56 Å². The molecule has 3 nitrogen and oxygen atoms in total. The van der Waals surface area contributed by atoms with Crippen LogP contribution >= 0.6 is 23.2 Å². The first-order valence-corrected chi connectivity index (χ1v) is 6.13. The molecule has 2 aromatic rings. The molecule has 0 aliphatic rings. The van der Waals surface area contributed by atoms with Gasteiger partial charge in [-0.3, -0.25) is 0 Å². The molecule has 1 aromatic heterocycles. The van der Waals surface area contributed by atoms with Crippen molar-refractivity contribution in [3.05, 3.63) is 52.1 Å². The Kier molecular flexibility index (Phi) is 4.42. The summed E-state index contributed by atoms with van der Waals surface area (Å²) in [6, 6.07) is 8.95. The number of hydrogen-bond acceptors (Lipinski definition) is 3. The minimum Gasteiger partial charge on any atom is -0.438 e. The predicted octanol–water partition coefficient (Wildman–Crippen LogP) is 3.72. The molecule has 1 heterocycles. The first-order valence-electron chi connectivity index (χ1n) is 5.38. The lowest BCUT2D eigenvalue weighted by atomic mass is 10.1. The van der Waals surface area contributed by atoms with E-state index in [-0.39, 0.29) is 6.61 Å². The lowest BCUT2D eigenvalue weighted by Crippen LogP contribution is -1.92. The summed E-state index contributed by atoms with van der Waals surface area (Å²) >= 11 is 11.7. The first-order chi connectivity index (χ1) is 8.69. The minimum atomic E-state index is 0.130. The molecule has 0 spiro atoms. The lowest BCUT2D eigenvalue weighted by Gasteiger charge is -2.07. The van der Waals surface area contributed by atoms with Crippen molar-refractivity contribution in [3.8, 4) is 11.6 Å². The number of aliphatic hydroxyl groups excluding tert-OH is 1. The van der Waals surface area contributed by atoms with Crippen LogP contribution in [0.4, 0.5) is 0 Å². The monoisotopic (exact) mass is 283 g/mol. The van der Waals surface area contributed by atoms with Gasteiger partial charge in [-0.05, 0) is 30.2 Å². The van der Waals surface area contributed by atoms with Crippen LogP contribution in [0.25, 0.3) is 0 Å². The summed E-state index contributed by atoms with van der Waals surface area (Å²) in [7, 11) is 0. The number of aromatic nitrogens is 1. The largest absolute Gasteiger partial charge is 0.438 e. The van der Waals surface area contributed by atoms with Gasteiger partial charge in [0.1, 0.15) is 10.8 Å². The zero-order valence-corrected chi connectivity index (χ0v) is 10.9. The zero-order valence-electron chi connectivity index (χ0n) is 9.44. The van der Waals surface area contributed by atoms with Crippen molar-refractivity contribution in [1.82, 2.24) is 4.98 Å². The Balaban J connectivity index is 2.13. The number of rotatable bonds is 4. The Labute approximate surface area is 115 Å². The van der Waals surface area contributed by atoms with E-state index in [4.69, 9.17) is 33.0 Å². The maximum absolute atomic E-state index is 8.82. The molecule has 0 radical (unpaired) electrons. The van der Waals surface area contributed by atoms with Crippen LogP contribution in [0.5, 0.6) is 11.6 Å². The van der Waals surface area contributed by atoms with E-state index in [0.29, 0.717) is 28.1 Å². The second kappa shape index (κ2) is 6.05. The van der Waals surface area contributed by atoms with Crippen molar-refractivity contribution in [1.29, 1.82) is 0 Å². The SMILES string of the molecule is OCCc1ccc(Oc2ncc(Cl)cc2Cl)cc1. The first kappa shape index (κ1) is 13.1. The van der Waals surface area contributed by atoms with Crippen LogP contribution in [-0.4, -0.2) is 16.7 Å². The Morgan fingerprint density at radius 3 is 2.50 bits per heavy atom. The average molecular weight is 284 g/mol. The molecule has 0 fully saturated rings. The molecule has 94 valence electrons. The molecule has 18 heavy (non-hydrogen) atoms. The van der Waals surface area contributed by atoms with Crippen LogP contribution in [0.1, 0.15) is 5.56 Å². The Morgan fingerprint density at radius 1 is 1.17 bits per heavy atom. The number of benzene rings is 1. The van der Waals surface area contributed by atoms with E-state index in [9.17, 15) is 0 Å². The summed E-state index contributed by atoms with van der Waals surface area (Å²) in [6.07, 6.45) is 2.10. The maximum atomic E-state index is 8.82. The van der Waals surface area contributed by atoms with Crippen LogP contribution in [0.15, 0.2) is 36.5 Å². The highest BCUT2D eigenvalue weighted by Crippen LogP contribution is 2.29. The van der Waals surface area contributed by atoms with E-state index in [1.807, 2.05) is 12.1 Å². The minimum absolute atomic E-state index is 0.130. The van der Waals surface area contributed by atoms with Crippen molar-refractivity contribution in [2.45, 2.75) is 6.42 Å². The molecule has 0 aliphatic carbocycles. The van der Waals surface area contributed by atoms with Crippen molar-refractivity contribution in [2.75, 3.05) is 6.61 Å². The van der Waals surface area contributed by atoms with E-state index in [1.165, 1.54) is 6.20 Å². The number of pyridine rings is 1. The van der Waals surface area contributed by atoms with Crippen molar-refractivity contribution in [3.63, 3.8) is 0 Å². The molecule has 0 atom stereocenters. The lowest BCUT2D eigenvalue weighted by molar-refractivity contribution is 0.299. The van der Waals surface area contributed by atoms with Crippen molar-refractivity contribution in [2.24, 2.45) is 0 Å². The number of ether oxygens (including phenoxy) is 1. The van der Waals surface area contributed by atoms with Crippen LogP contribution in [0.3, 0.4) is 0 Å². The summed E-state index contributed by atoms with van der Waals surface area (Å²) < 4.78 is 5.53. The van der Waals surface area contributed by atoms with Gasteiger partial charge in [-0.25, -0.2) is 4.98 Å². The number of hydrogen-bond donors (Lipinski definition) is 1. The second-order valence-electron chi connectivity index (χ2n) is 3.66. The van der Waals surface area contributed by atoms with Gasteiger partial charge in [0.15, 0.2) is 0 Å². The number of nitrogens with zero attached hydrogens (tertiary/aromatic N) is 1. The van der Waals surface area contributed by atoms with Crippen molar-refractivity contribution < 1.29 is 9.84 Å². The Hall–Kier alpha value is -1.29. The van der Waals surface area contributed by atoms with E-state index >= 15 is 0 Å². The zero-order chi connectivity index (χ0) is 13.0. The molecule has 2 rings (SSSR count). The summed E-state index contributed by atoms with van der Waals surface area (Å²) in [6.45, 7) is 0.130.